The van der Waals surface area contributed by atoms with E-state index in [1.165, 1.54) is 0 Å². The summed E-state index contributed by atoms with van der Waals surface area (Å²) in [5, 5.41) is 0. The number of rotatable bonds is 2. The Bertz CT molecular complexity index is 757. The molecule has 0 N–H and O–H groups in total. The number of hydrogen-bond donors (Lipinski definition) is 0. The van der Waals surface area contributed by atoms with E-state index in [2.05, 4.69) is 4.74 Å². The van der Waals surface area contributed by atoms with Crippen LogP contribution in [0.3, 0.4) is 0 Å². The third-order valence-electron chi connectivity index (χ3n) is 2.25. The summed E-state index contributed by atoms with van der Waals surface area (Å²) in [5.74, 6) is -2.47. The molecule has 0 aliphatic carbocycles. The molecule has 0 saturated heterocycles. The molecule has 9 nitrogen and oxygen atoms in total. The van der Waals surface area contributed by atoms with Crippen molar-refractivity contribution in [3.63, 3.8) is 0 Å². The van der Waals surface area contributed by atoms with Crippen LogP contribution in [0, 0.1) is 0 Å². The zero-order chi connectivity index (χ0) is 14.6. The SMILES string of the molecule is O=C1OC(=O)c2cc(S(=O)(=O)[O-])c(S(=O)(=O)[O-])cc21.[Li+].[Li+]. The van der Waals surface area contributed by atoms with E-state index in [1.807, 2.05) is 0 Å². The van der Waals surface area contributed by atoms with E-state index in [0.717, 1.165) is 0 Å². The van der Waals surface area contributed by atoms with E-state index >= 15 is 0 Å². The molecule has 0 spiro atoms. The number of carbonyl (C=O) groups is 2. The van der Waals surface area contributed by atoms with Crippen LogP contribution in [-0.4, -0.2) is 37.9 Å². The number of cyclic esters (lactones) is 2. The minimum atomic E-state index is -5.33. The van der Waals surface area contributed by atoms with E-state index in [-0.39, 0.29) is 37.7 Å². The Balaban J connectivity index is 0.00000200. The molecule has 1 heterocycles. The van der Waals surface area contributed by atoms with Crippen molar-refractivity contribution >= 4 is 32.2 Å². The number of ether oxygens (including phenoxy) is 1. The van der Waals surface area contributed by atoms with Crippen molar-refractivity contribution in [3.8, 4) is 0 Å². The summed E-state index contributed by atoms with van der Waals surface area (Å²) in [5.41, 5.74) is -1.18. The van der Waals surface area contributed by atoms with Crippen molar-refractivity contribution in [3.05, 3.63) is 23.3 Å². The Hall–Kier alpha value is -0.625. The van der Waals surface area contributed by atoms with Gasteiger partial charge in [-0.2, -0.15) is 0 Å². The first kappa shape index (κ1) is 20.4. The quantitative estimate of drug-likeness (QED) is 0.223. The number of esters is 2. The average molecular weight is 320 g/mol. The fourth-order valence-corrected chi connectivity index (χ4v) is 3.23. The summed E-state index contributed by atoms with van der Waals surface area (Å²) in [4.78, 5) is 19.5. The summed E-state index contributed by atoms with van der Waals surface area (Å²) in [7, 11) is -10.7. The van der Waals surface area contributed by atoms with Crippen molar-refractivity contribution in [2.75, 3.05) is 0 Å². The van der Waals surface area contributed by atoms with Gasteiger partial charge in [0.15, 0.2) is 0 Å². The Morgan fingerprint density at radius 1 is 0.762 bits per heavy atom. The molecule has 0 unspecified atom stereocenters. The first-order chi connectivity index (χ1) is 8.51. The minimum absolute atomic E-state index is 0. The van der Waals surface area contributed by atoms with Crippen LogP contribution in [0.1, 0.15) is 20.7 Å². The molecule has 0 bridgehead atoms. The van der Waals surface area contributed by atoms with Gasteiger partial charge in [0.25, 0.3) is 0 Å². The zero-order valence-corrected chi connectivity index (χ0v) is 12.3. The van der Waals surface area contributed by atoms with Gasteiger partial charge < -0.3 is 13.8 Å². The zero-order valence-electron chi connectivity index (χ0n) is 10.6. The van der Waals surface area contributed by atoms with Gasteiger partial charge in [-0.3, -0.25) is 0 Å². The van der Waals surface area contributed by atoms with Gasteiger partial charge in [-0.05, 0) is 12.1 Å². The van der Waals surface area contributed by atoms with Gasteiger partial charge in [-0.25, -0.2) is 26.4 Å². The smallest absolute Gasteiger partial charge is 0.744 e. The van der Waals surface area contributed by atoms with Crippen molar-refractivity contribution in [2.24, 2.45) is 0 Å². The van der Waals surface area contributed by atoms with Gasteiger partial charge in [-0.1, -0.05) is 0 Å². The first-order valence-corrected chi connectivity index (χ1v) is 7.20. The van der Waals surface area contributed by atoms with Crippen LogP contribution >= 0.6 is 0 Å². The topological polar surface area (TPSA) is 158 Å². The minimum Gasteiger partial charge on any atom is -0.744 e. The second kappa shape index (κ2) is 6.24. The van der Waals surface area contributed by atoms with Gasteiger partial charge >= 0.3 is 49.7 Å². The Morgan fingerprint density at radius 3 is 1.29 bits per heavy atom. The molecule has 0 atom stereocenters. The molecule has 0 aromatic heterocycles. The molecule has 1 aliphatic heterocycles. The third-order valence-corrected chi connectivity index (χ3v) is 4.13. The summed E-state index contributed by atoms with van der Waals surface area (Å²) < 4.78 is 69.5. The maximum atomic E-state index is 11.1. The molecule has 1 aromatic carbocycles. The monoisotopic (exact) mass is 320 g/mol. The van der Waals surface area contributed by atoms with Gasteiger partial charge in [0.1, 0.15) is 20.2 Å². The Morgan fingerprint density at radius 2 is 1.05 bits per heavy atom. The summed E-state index contributed by atoms with van der Waals surface area (Å²) in [6.07, 6.45) is 0. The van der Waals surface area contributed by atoms with Gasteiger partial charge in [-0.15, -0.1) is 0 Å². The summed E-state index contributed by atoms with van der Waals surface area (Å²) >= 11 is 0. The second-order valence-electron chi connectivity index (χ2n) is 3.43. The van der Waals surface area contributed by atoms with Crippen LogP contribution in [0.2, 0.25) is 0 Å². The maximum absolute atomic E-state index is 11.1. The van der Waals surface area contributed by atoms with Crippen LogP contribution in [0.25, 0.3) is 0 Å². The molecule has 1 aromatic rings. The van der Waals surface area contributed by atoms with Crippen LogP contribution in [-0.2, 0) is 25.0 Å². The molecule has 13 heteroatoms. The number of fused-ring (bicyclic) bond motifs is 1. The van der Waals surface area contributed by atoms with E-state index < -0.39 is 53.1 Å². The van der Waals surface area contributed by atoms with Gasteiger partial charge in [0, 0.05) is 0 Å². The number of hydrogen-bond acceptors (Lipinski definition) is 9. The number of carbonyl (C=O) groups excluding carboxylic acids is 2. The predicted octanol–water partition coefficient (Wildman–Crippen LogP) is -7.19. The van der Waals surface area contributed by atoms with E-state index in [9.17, 15) is 35.5 Å². The number of benzene rings is 1. The van der Waals surface area contributed by atoms with Crippen molar-refractivity contribution in [1.29, 1.82) is 0 Å². The fourth-order valence-electron chi connectivity index (χ4n) is 1.48. The first-order valence-electron chi connectivity index (χ1n) is 4.38. The largest absolute Gasteiger partial charge is 1.00 e. The molecule has 2 rings (SSSR count). The van der Waals surface area contributed by atoms with E-state index in [1.54, 1.807) is 0 Å². The van der Waals surface area contributed by atoms with E-state index in [0.29, 0.717) is 12.1 Å². The standard InChI is InChI=1S/C8H4O9S2.2Li/c9-7-3-1-5(18(11,12)13)6(19(14,15)16)2-4(3)8(10)17-7;;/h1-2H,(H,11,12,13)(H,14,15,16);;/q;2*+1/p-2. The van der Waals surface area contributed by atoms with Crippen LogP contribution in [0.4, 0.5) is 0 Å². The Labute approximate surface area is 142 Å². The van der Waals surface area contributed by atoms with Gasteiger partial charge in [0.2, 0.25) is 0 Å². The molecule has 1 aliphatic rings. The summed E-state index contributed by atoms with van der Waals surface area (Å²) in [6, 6.07) is 0.686. The Kier molecular flexibility index (Phi) is 6.06. The van der Waals surface area contributed by atoms with Crippen molar-refractivity contribution in [1.82, 2.24) is 0 Å². The van der Waals surface area contributed by atoms with Crippen LogP contribution in [0.15, 0.2) is 21.9 Å². The molecule has 0 fully saturated rings. The van der Waals surface area contributed by atoms with Crippen LogP contribution in [0.5, 0.6) is 0 Å². The molecule has 21 heavy (non-hydrogen) atoms. The molecule has 0 amide bonds. The molecule has 0 radical (unpaired) electrons. The van der Waals surface area contributed by atoms with Crippen LogP contribution < -0.4 is 37.7 Å². The second-order valence-corrected chi connectivity index (χ2v) is 6.13. The van der Waals surface area contributed by atoms with Crippen molar-refractivity contribution in [2.45, 2.75) is 9.79 Å². The predicted molar refractivity (Wildman–Crippen MR) is 52.1 cm³/mol. The molecular formula is C8H2Li2O9S2. The third kappa shape index (κ3) is 3.77. The fraction of sp³-hybridized carbons (Fsp3) is 0. The molecule has 0 saturated carbocycles. The normalized spacial score (nSPS) is 13.8. The maximum Gasteiger partial charge on any atom is 1.00 e. The summed E-state index contributed by atoms with van der Waals surface area (Å²) in [6.45, 7) is 0. The molecule has 102 valence electrons. The van der Waals surface area contributed by atoms with Gasteiger partial charge in [0.05, 0.1) is 20.9 Å². The van der Waals surface area contributed by atoms with E-state index in [4.69, 9.17) is 0 Å². The average Bonchev–Trinajstić information content (AvgIpc) is 2.50. The van der Waals surface area contributed by atoms with Crippen molar-refractivity contribution < 1.29 is 78.0 Å². The molecular weight excluding hydrogens is 318 g/mol.